The Balaban J connectivity index is 1.34. The fraction of sp³-hybridized carbons (Fsp3) is 0.238. The maximum Gasteiger partial charge on any atom is 0.306 e. The monoisotopic (exact) mass is 362 g/mol. The predicted molar refractivity (Wildman–Crippen MR) is 97.3 cm³/mol. The zero-order valence-electron chi connectivity index (χ0n) is 14.9. The van der Waals surface area contributed by atoms with Crippen molar-refractivity contribution in [2.75, 3.05) is 6.61 Å². The van der Waals surface area contributed by atoms with Gasteiger partial charge in [-0.05, 0) is 41.7 Å². The summed E-state index contributed by atoms with van der Waals surface area (Å²) < 4.78 is 10.0. The van der Waals surface area contributed by atoms with Gasteiger partial charge in [0.25, 0.3) is 0 Å². The van der Waals surface area contributed by atoms with Crippen molar-refractivity contribution in [1.29, 1.82) is 0 Å². The number of rotatable bonds is 6. The molecule has 0 atom stereocenters. The van der Waals surface area contributed by atoms with E-state index < -0.39 is 5.97 Å². The summed E-state index contributed by atoms with van der Waals surface area (Å²) in [7, 11) is 0. The van der Waals surface area contributed by atoms with Crippen LogP contribution < -0.4 is 0 Å². The minimum Gasteiger partial charge on any atom is -0.457 e. The molecule has 4 rings (SSSR count). The first kappa shape index (κ1) is 17.1. The molecular weight excluding hydrogens is 344 g/mol. The molecule has 0 bridgehead atoms. The molecule has 3 aromatic rings. The second-order valence-electron chi connectivity index (χ2n) is 6.53. The number of hydrogen-bond acceptors (Lipinski definition) is 6. The number of carbonyl (C=O) groups excluding carboxylic acids is 2. The Bertz CT molecular complexity index is 1020. The first-order chi connectivity index (χ1) is 13.1. The van der Waals surface area contributed by atoms with Crippen molar-refractivity contribution >= 4 is 11.8 Å². The lowest BCUT2D eigenvalue weighted by molar-refractivity contribution is -0.142. The topological polar surface area (TPSA) is 82.3 Å². The van der Waals surface area contributed by atoms with Crippen molar-refractivity contribution in [3.63, 3.8) is 0 Å². The zero-order chi connectivity index (χ0) is 18.8. The van der Waals surface area contributed by atoms with E-state index in [1.165, 1.54) is 11.1 Å². The second kappa shape index (κ2) is 7.15. The van der Waals surface area contributed by atoms with Crippen LogP contribution in [0.15, 0.2) is 47.0 Å². The molecule has 0 N–H and O–H groups in total. The van der Waals surface area contributed by atoms with E-state index in [-0.39, 0.29) is 18.8 Å². The molecule has 6 nitrogen and oxygen atoms in total. The number of fused-ring (bicyclic) bond motifs is 3. The Morgan fingerprint density at radius 2 is 1.93 bits per heavy atom. The molecule has 1 aromatic heterocycles. The molecule has 1 aliphatic carbocycles. The van der Waals surface area contributed by atoms with Crippen LogP contribution in [0.5, 0.6) is 0 Å². The van der Waals surface area contributed by atoms with Crippen molar-refractivity contribution in [3.8, 4) is 11.1 Å². The number of esters is 1. The lowest BCUT2D eigenvalue weighted by Crippen LogP contribution is -2.14. The maximum absolute atomic E-state index is 12.4. The van der Waals surface area contributed by atoms with Crippen molar-refractivity contribution in [2.45, 2.75) is 26.2 Å². The van der Waals surface area contributed by atoms with Gasteiger partial charge in [-0.3, -0.25) is 9.59 Å². The van der Waals surface area contributed by atoms with Crippen LogP contribution in [-0.4, -0.2) is 28.5 Å². The Morgan fingerprint density at radius 1 is 1.11 bits per heavy atom. The van der Waals surface area contributed by atoms with Crippen LogP contribution in [0.25, 0.3) is 11.1 Å². The summed E-state index contributed by atoms with van der Waals surface area (Å²) in [4.78, 5) is 28.2. The molecule has 136 valence electrons. The summed E-state index contributed by atoms with van der Waals surface area (Å²) in [6.45, 7) is 1.44. The molecule has 0 saturated heterocycles. The van der Waals surface area contributed by atoms with Gasteiger partial charge in [0.2, 0.25) is 5.89 Å². The molecule has 0 radical (unpaired) electrons. The largest absolute Gasteiger partial charge is 0.457 e. The highest BCUT2D eigenvalue weighted by molar-refractivity contribution is 5.99. The molecule has 0 saturated carbocycles. The van der Waals surface area contributed by atoms with Gasteiger partial charge in [0.15, 0.2) is 18.2 Å². The Labute approximate surface area is 156 Å². The van der Waals surface area contributed by atoms with Gasteiger partial charge in [-0.25, -0.2) is 0 Å². The maximum atomic E-state index is 12.4. The summed E-state index contributed by atoms with van der Waals surface area (Å²) in [6, 6.07) is 13.9. The summed E-state index contributed by atoms with van der Waals surface area (Å²) >= 11 is 0. The number of ketones is 1. The van der Waals surface area contributed by atoms with E-state index >= 15 is 0 Å². The van der Waals surface area contributed by atoms with Gasteiger partial charge in [-0.15, -0.1) is 0 Å². The van der Waals surface area contributed by atoms with Crippen molar-refractivity contribution in [3.05, 3.63) is 70.9 Å². The smallest absolute Gasteiger partial charge is 0.306 e. The first-order valence-corrected chi connectivity index (χ1v) is 8.79. The van der Waals surface area contributed by atoms with Crippen LogP contribution >= 0.6 is 0 Å². The highest BCUT2D eigenvalue weighted by Crippen LogP contribution is 2.36. The van der Waals surface area contributed by atoms with Crippen LogP contribution in [-0.2, 0) is 22.4 Å². The Morgan fingerprint density at radius 3 is 2.74 bits per heavy atom. The van der Waals surface area contributed by atoms with Crippen LogP contribution in [0.3, 0.4) is 0 Å². The third kappa shape index (κ3) is 3.65. The number of ether oxygens (including phenoxy) is 1. The van der Waals surface area contributed by atoms with E-state index in [1.54, 1.807) is 13.0 Å². The molecule has 1 aliphatic rings. The van der Waals surface area contributed by atoms with Gasteiger partial charge in [0.1, 0.15) is 0 Å². The molecule has 0 aliphatic heterocycles. The number of hydrogen-bond donors (Lipinski definition) is 0. The number of aryl methyl sites for hydroxylation is 2. The van der Waals surface area contributed by atoms with Crippen molar-refractivity contribution in [2.24, 2.45) is 0 Å². The highest BCUT2D eigenvalue weighted by atomic mass is 16.5. The lowest BCUT2D eigenvalue weighted by atomic mass is 10.0. The highest BCUT2D eigenvalue weighted by Gasteiger charge is 2.20. The number of carbonyl (C=O) groups is 2. The Hall–Kier alpha value is -3.28. The number of nitrogens with zero attached hydrogens (tertiary/aromatic N) is 2. The molecule has 0 spiro atoms. The quantitative estimate of drug-likeness (QED) is 0.387. The average Bonchev–Trinajstić information content (AvgIpc) is 3.26. The third-order valence-corrected chi connectivity index (χ3v) is 4.59. The minimum atomic E-state index is -0.465. The normalized spacial score (nSPS) is 11.7. The standard InChI is InChI=1S/C21H18N2O4/c1-13-22-20(27-23-13)8-9-21(25)26-12-19(24)15-6-7-18-16(11-15)10-14-4-2-3-5-17(14)18/h2-7,11H,8-10,12H2,1H3. The second-order valence-corrected chi connectivity index (χ2v) is 6.53. The van der Waals surface area contributed by atoms with E-state index in [0.717, 1.165) is 17.5 Å². The molecule has 2 aromatic carbocycles. The summed E-state index contributed by atoms with van der Waals surface area (Å²) in [5, 5.41) is 3.66. The third-order valence-electron chi connectivity index (χ3n) is 4.59. The molecular formula is C21H18N2O4. The van der Waals surface area contributed by atoms with E-state index in [4.69, 9.17) is 9.26 Å². The number of aromatic nitrogens is 2. The fourth-order valence-corrected chi connectivity index (χ4v) is 3.27. The summed E-state index contributed by atoms with van der Waals surface area (Å²) in [6.07, 6.45) is 1.20. The minimum absolute atomic E-state index is 0.0917. The van der Waals surface area contributed by atoms with Crippen LogP contribution in [0.1, 0.15) is 39.6 Å². The predicted octanol–water partition coefficient (Wildman–Crippen LogP) is 3.31. The Kier molecular flexibility index (Phi) is 4.54. The molecule has 0 fully saturated rings. The van der Waals surface area contributed by atoms with E-state index in [1.807, 2.05) is 24.3 Å². The van der Waals surface area contributed by atoms with Gasteiger partial charge in [-0.2, -0.15) is 4.98 Å². The van der Waals surface area contributed by atoms with E-state index in [9.17, 15) is 9.59 Å². The van der Waals surface area contributed by atoms with Crippen molar-refractivity contribution in [1.82, 2.24) is 10.1 Å². The van der Waals surface area contributed by atoms with Gasteiger partial charge >= 0.3 is 5.97 Å². The molecule has 6 heteroatoms. The summed E-state index contributed by atoms with van der Waals surface area (Å²) in [5.74, 6) is 0.227. The lowest BCUT2D eigenvalue weighted by Gasteiger charge is -2.06. The average molecular weight is 362 g/mol. The fourth-order valence-electron chi connectivity index (χ4n) is 3.27. The number of Topliss-reactive ketones (excluding diaryl/α,β-unsaturated/α-hetero) is 1. The number of benzene rings is 2. The van der Waals surface area contributed by atoms with Gasteiger partial charge < -0.3 is 9.26 Å². The van der Waals surface area contributed by atoms with Crippen LogP contribution in [0.2, 0.25) is 0 Å². The molecule has 27 heavy (non-hydrogen) atoms. The van der Waals surface area contributed by atoms with Crippen LogP contribution in [0, 0.1) is 6.92 Å². The SMILES string of the molecule is Cc1noc(CCC(=O)OCC(=O)c2ccc3c(c2)Cc2ccccc2-3)n1. The summed E-state index contributed by atoms with van der Waals surface area (Å²) in [5.41, 5.74) is 5.32. The molecule has 0 unspecified atom stereocenters. The first-order valence-electron chi connectivity index (χ1n) is 8.79. The van der Waals surface area contributed by atoms with E-state index in [0.29, 0.717) is 23.7 Å². The van der Waals surface area contributed by atoms with Crippen molar-refractivity contribution < 1.29 is 18.8 Å². The van der Waals surface area contributed by atoms with Crippen LogP contribution in [0.4, 0.5) is 0 Å². The van der Waals surface area contributed by atoms with Gasteiger partial charge in [-0.1, -0.05) is 41.6 Å². The molecule has 1 heterocycles. The zero-order valence-corrected chi connectivity index (χ0v) is 14.9. The van der Waals surface area contributed by atoms with Gasteiger partial charge in [0, 0.05) is 12.0 Å². The van der Waals surface area contributed by atoms with E-state index in [2.05, 4.69) is 22.3 Å². The van der Waals surface area contributed by atoms with Gasteiger partial charge in [0.05, 0.1) is 6.42 Å². The molecule has 0 amide bonds.